The minimum absolute atomic E-state index is 0.0840. The average molecular weight is 338 g/mol. The molecule has 0 saturated heterocycles. The van der Waals surface area contributed by atoms with Crippen molar-refractivity contribution in [3.8, 4) is 0 Å². The minimum atomic E-state index is -0.885. The fourth-order valence-corrected chi connectivity index (χ4v) is 2.84. The summed E-state index contributed by atoms with van der Waals surface area (Å²) < 4.78 is 1.84. The van der Waals surface area contributed by atoms with Gasteiger partial charge in [0.2, 0.25) is 0 Å². The molecule has 6 heteroatoms. The Morgan fingerprint density at radius 2 is 2.00 bits per heavy atom. The van der Waals surface area contributed by atoms with Gasteiger partial charge < -0.3 is 15.7 Å². The van der Waals surface area contributed by atoms with Crippen molar-refractivity contribution >= 4 is 6.03 Å². The van der Waals surface area contributed by atoms with E-state index in [-0.39, 0.29) is 18.6 Å². The second-order valence-corrected chi connectivity index (χ2v) is 7.43. The lowest BCUT2D eigenvalue weighted by Crippen LogP contribution is -2.45. The summed E-state index contributed by atoms with van der Waals surface area (Å²) in [6.45, 7) is 12.3. The van der Waals surface area contributed by atoms with Gasteiger partial charge >= 0.3 is 6.03 Å². The largest absolute Gasteiger partial charge is 0.388 e. The fourth-order valence-electron chi connectivity index (χ4n) is 2.84. The highest BCUT2D eigenvalue weighted by Crippen LogP contribution is 2.23. The number of aryl methyl sites for hydroxylation is 2. The molecule has 2 atom stereocenters. The fraction of sp³-hybridized carbons (Fsp3) is 0.778. The number of carbonyl (C=O) groups excluding carboxylic acids is 1. The molecule has 6 nitrogen and oxygen atoms in total. The molecule has 1 aromatic rings. The maximum Gasteiger partial charge on any atom is 0.315 e. The van der Waals surface area contributed by atoms with Crippen molar-refractivity contribution in [2.24, 2.45) is 13.0 Å². The molecule has 0 radical (unpaired) electrons. The van der Waals surface area contributed by atoms with Gasteiger partial charge in [0, 0.05) is 24.8 Å². The number of aliphatic hydroxyl groups is 1. The summed E-state index contributed by atoms with van der Waals surface area (Å²) in [7, 11) is 1.91. The summed E-state index contributed by atoms with van der Waals surface area (Å²) in [5, 5.41) is 20.6. The summed E-state index contributed by atoms with van der Waals surface area (Å²) in [5.74, 6) is 0.534. The molecule has 0 aliphatic carbocycles. The van der Waals surface area contributed by atoms with Crippen LogP contribution in [0.1, 0.15) is 70.0 Å². The van der Waals surface area contributed by atoms with Crippen molar-refractivity contribution in [3.05, 3.63) is 17.0 Å². The first-order valence-corrected chi connectivity index (χ1v) is 8.84. The van der Waals surface area contributed by atoms with Gasteiger partial charge in [0.1, 0.15) is 0 Å². The number of amides is 2. The third-order valence-corrected chi connectivity index (χ3v) is 4.52. The molecule has 1 aromatic heterocycles. The highest BCUT2D eigenvalue weighted by molar-refractivity contribution is 5.74. The molecule has 0 aliphatic rings. The van der Waals surface area contributed by atoms with E-state index in [0.29, 0.717) is 12.3 Å². The smallest absolute Gasteiger partial charge is 0.315 e. The van der Waals surface area contributed by atoms with E-state index in [1.165, 1.54) is 0 Å². The SMILES string of the molecule is CCC(NC(=O)NCC(C)(O)CCC(C)C)c1c(C)nn(C)c1C. The second kappa shape index (κ2) is 8.51. The van der Waals surface area contributed by atoms with Crippen molar-refractivity contribution in [3.63, 3.8) is 0 Å². The predicted molar refractivity (Wildman–Crippen MR) is 96.9 cm³/mol. The molecule has 0 spiro atoms. The number of carbonyl (C=O) groups is 1. The first-order chi connectivity index (χ1) is 11.1. The molecule has 2 amide bonds. The van der Waals surface area contributed by atoms with Crippen LogP contribution in [0.3, 0.4) is 0 Å². The minimum Gasteiger partial charge on any atom is -0.388 e. The molecule has 0 aromatic carbocycles. The Kier molecular flexibility index (Phi) is 7.27. The highest BCUT2D eigenvalue weighted by Gasteiger charge is 2.24. The van der Waals surface area contributed by atoms with Crippen LogP contribution in [-0.4, -0.2) is 33.1 Å². The van der Waals surface area contributed by atoms with Gasteiger partial charge in [-0.2, -0.15) is 5.10 Å². The number of urea groups is 1. The van der Waals surface area contributed by atoms with Crippen LogP contribution in [0.25, 0.3) is 0 Å². The third-order valence-electron chi connectivity index (χ3n) is 4.52. The number of aromatic nitrogens is 2. The summed E-state index contributed by atoms with van der Waals surface area (Å²) in [4.78, 5) is 12.2. The van der Waals surface area contributed by atoms with E-state index in [2.05, 4.69) is 29.6 Å². The van der Waals surface area contributed by atoms with Gasteiger partial charge in [-0.25, -0.2) is 4.79 Å². The lowest BCUT2D eigenvalue weighted by atomic mass is 9.95. The molecule has 1 heterocycles. The monoisotopic (exact) mass is 338 g/mol. The molecule has 138 valence electrons. The molecule has 1 rings (SSSR count). The van der Waals surface area contributed by atoms with Crippen LogP contribution in [0.2, 0.25) is 0 Å². The van der Waals surface area contributed by atoms with Gasteiger partial charge in [-0.05, 0) is 46.0 Å². The lowest BCUT2D eigenvalue weighted by molar-refractivity contribution is 0.0475. The van der Waals surface area contributed by atoms with Crippen molar-refractivity contribution in [1.82, 2.24) is 20.4 Å². The van der Waals surface area contributed by atoms with Crippen LogP contribution in [0, 0.1) is 19.8 Å². The molecule has 0 saturated carbocycles. The number of nitrogens with zero attached hydrogens (tertiary/aromatic N) is 2. The van der Waals surface area contributed by atoms with Crippen LogP contribution in [-0.2, 0) is 7.05 Å². The van der Waals surface area contributed by atoms with E-state index in [1.807, 2.05) is 32.5 Å². The van der Waals surface area contributed by atoms with Gasteiger partial charge in [0.15, 0.2) is 0 Å². The Hall–Kier alpha value is -1.56. The van der Waals surface area contributed by atoms with Gasteiger partial charge in [-0.3, -0.25) is 4.68 Å². The van der Waals surface area contributed by atoms with Crippen LogP contribution in [0.15, 0.2) is 0 Å². The van der Waals surface area contributed by atoms with E-state index in [9.17, 15) is 9.90 Å². The lowest BCUT2D eigenvalue weighted by Gasteiger charge is -2.25. The summed E-state index contributed by atoms with van der Waals surface area (Å²) in [6.07, 6.45) is 2.38. The molecule has 24 heavy (non-hydrogen) atoms. The van der Waals surface area contributed by atoms with E-state index in [0.717, 1.165) is 29.8 Å². The molecule has 0 aliphatic heterocycles. The Labute approximate surface area is 146 Å². The van der Waals surface area contributed by atoms with Crippen LogP contribution in [0.4, 0.5) is 4.79 Å². The van der Waals surface area contributed by atoms with Gasteiger partial charge in [0.25, 0.3) is 0 Å². The summed E-state index contributed by atoms with van der Waals surface area (Å²) in [6, 6.07) is -0.339. The molecule has 3 N–H and O–H groups in total. The van der Waals surface area contributed by atoms with E-state index >= 15 is 0 Å². The number of hydrogen-bond donors (Lipinski definition) is 3. The zero-order chi connectivity index (χ0) is 18.5. The molecular weight excluding hydrogens is 304 g/mol. The summed E-state index contributed by atoms with van der Waals surface area (Å²) >= 11 is 0. The number of hydrogen-bond acceptors (Lipinski definition) is 3. The van der Waals surface area contributed by atoms with Gasteiger partial charge in [0.05, 0.1) is 17.3 Å². The third kappa shape index (κ3) is 5.82. The molecule has 2 unspecified atom stereocenters. The first-order valence-electron chi connectivity index (χ1n) is 8.84. The van der Waals surface area contributed by atoms with Gasteiger partial charge in [-0.1, -0.05) is 20.8 Å². The Morgan fingerprint density at radius 3 is 2.46 bits per heavy atom. The summed E-state index contributed by atoms with van der Waals surface area (Å²) in [5.41, 5.74) is 2.18. The van der Waals surface area contributed by atoms with Crippen LogP contribution >= 0.6 is 0 Å². The van der Waals surface area contributed by atoms with E-state index < -0.39 is 5.60 Å². The number of nitrogens with one attached hydrogen (secondary N) is 2. The predicted octanol–water partition coefficient (Wildman–Crippen LogP) is 2.97. The average Bonchev–Trinajstić information content (AvgIpc) is 2.74. The van der Waals surface area contributed by atoms with E-state index in [4.69, 9.17) is 0 Å². The van der Waals surface area contributed by atoms with Crippen molar-refractivity contribution in [2.45, 2.75) is 72.4 Å². The quantitative estimate of drug-likeness (QED) is 0.682. The molecular formula is C18H34N4O2. The Morgan fingerprint density at radius 1 is 1.38 bits per heavy atom. The van der Waals surface area contributed by atoms with Crippen LogP contribution in [0.5, 0.6) is 0 Å². The zero-order valence-electron chi connectivity index (χ0n) is 16.2. The van der Waals surface area contributed by atoms with Crippen molar-refractivity contribution in [1.29, 1.82) is 0 Å². The Balaban J connectivity index is 2.62. The Bertz CT molecular complexity index is 549. The maximum absolute atomic E-state index is 12.2. The van der Waals surface area contributed by atoms with Crippen molar-refractivity contribution < 1.29 is 9.90 Å². The normalized spacial score (nSPS) is 15.2. The second-order valence-electron chi connectivity index (χ2n) is 7.43. The first kappa shape index (κ1) is 20.5. The van der Waals surface area contributed by atoms with E-state index in [1.54, 1.807) is 6.92 Å². The molecule has 0 fully saturated rings. The highest BCUT2D eigenvalue weighted by atomic mass is 16.3. The zero-order valence-corrected chi connectivity index (χ0v) is 16.2. The number of rotatable bonds is 8. The van der Waals surface area contributed by atoms with Crippen LogP contribution < -0.4 is 10.6 Å². The van der Waals surface area contributed by atoms with Gasteiger partial charge in [-0.15, -0.1) is 0 Å². The molecule has 0 bridgehead atoms. The standard InChI is InChI=1S/C18H34N4O2/c1-8-15(16-13(4)21-22(7)14(16)5)20-17(23)19-11-18(6,24)10-9-12(2)3/h12,15,24H,8-11H2,1-7H3,(H2,19,20,23). The topological polar surface area (TPSA) is 79.2 Å². The van der Waals surface area contributed by atoms with Crippen molar-refractivity contribution in [2.75, 3.05) is 6.54 Å². The maximum atomic E-state index is 12.2.